The van der Waals surface area contributed by atoms with Crippen LogP contribution in [0.2, 0.25) is 0 Å². The summed E-state index contributed by atoms with van der Waals surface area (Å²) >= 11 is 0. The van der Waals surface area contributed by atoms with Gasteiger partial charge in [-0.25, -0.2) is 0 Å². The maximum atomic E-state index is 11.6. The number of nitrogens with zero attached hydrogens (tertiary/aromatic N) is 4. The number of ketones is 4. The van der Waals surface area contributed by atoms with Crippen molar-refractivity contribution in [2.24, 2.45) is 0 Å². The van der Waals surface area contributed by atoms with Crippen LogP contribution >= 0.6 is 0 Å². The molecule has 608 valence electrons. The Labute approximate surface area is 663 Å². The molecule has 4 heterocycles. The molecule has 0 aliphatic heterocycles. The van der Waals surface area contributed by atoms with Gasteiger partial charge < -0.3 is 96.4 Å². The molecule has 4 aromatic rings. The fourth-order valence-corrected chi connectivity index (χ4v) is 8.80. The number of carbonyl (C=O) groups excluding carboxylic acids is 8. The molecule has 4 aromatic heterocycles. The van der Waals surface area contributed by atoms with Gasteiger partial charge in [0.25, 0.3) is 0 Å². The summed E-state index contributed by atoms with van der Waals surface area (Å²) in [5.41, 5.74) is 0.869. The van der Waals surface area contributed by atoms with E-state index < -0.39 is 72.7 Å². The Morgan fingerprint density at radius 1 is 0.229 bits per heavy atom. The fourth-order valence-electron chi connectivity index (χ4n) is 8.80. The number of carbonyl (C=O) groups is 8. The van der Waals surface area contributed by atoms with Crippen LogP contribution in [0, 0.1) is 0 Å². The number of ether oxygens (including phenoxy) is 12. The van der Waals surface area contributed by atoms with E-state index in [1.807, 2.05) is 27.7 Å². The minimum Gasteiger partial charge on any atom is -0.542 e. The Hall–Kier alpha value is -8.36. The van der Waals surface area contributed by atoms with Crippen molar-refractivity contribution in [2.45, 2.75) is 263 Å². The van der Waals surface area contributed by atoms with E-state index in [2.05, 4.69) is 75.3 Å². The van der Waals surface area contributed by atoms with Gasteiger partial charge in [0.05, 0.1) is 153 Å². The molecule has 0 atom stereocenters. The maximum Gasteiger partial charge on any atom is 4.00 e. The third kappa shape index (κ3) is 41.3. The summed E-state index contributed by atoms with van der Waals surface area (Å²) in [6, 6.07) is 0. The average molecular weight is 1610 g/mol. The molecule has 4 rings (SSSR count). The standard InChI is InChI=1S/4C20H31NO6.Zr/c4*1-4-7-10-25-17-14-21-15(13-16(22)20(23)24)18(26-11-8-5-2)19(17)27-12-9-6-3;/h4*14H,4-13H2,1-3H3,(H,23,24);/q;;;;+4/p-4. The Morgan fingerprint density at radius 3 is 0.486 bits per heavy atom. The Morgan fingerprint density at radius 2 is 0.358 bits per heavy atom. The SMILES string of the molecule is CCCCOc1cnc(CC(=O)C(=O)[O-])c(OCCCC)c1OCCCC.CCCCOc1cnc(CC(=O)C(=O)[O-])c(OCCCC)c1OCCCC.CCCCOc1cnc(CC(=O)C(=O)[O-])c(OCCCC)c1OCCCC.CCCCOc1cnc(CC(=O)C(=O)[O-])c(OCCCC)c1OCCCC.[Zr+4]. The quantitative estimate of drug-likeness (QED) is 0.0293. The van der Waals surface area contributed by atoms with Gasteiger partial charge in [0.1, 0.15) is 23.9 Å². The number of hydrogen-bond donors (Lipinski definition) is 0. The molecule has 0 aliphatic rings. The first-order valence-corrected chi connectivity index (χ1v) is 38.8. The minimum atomic E-state index is -1.74. The van der Waals surface area contributed by atoms with E-state index in [1.165, 1.54) is 24.8 Å². The van der Waals surface area contributed by atoms with Crippen molar-refractivity contribution in [1.82, 2.24) is 19.9 Å². The minimum absolute atomic E-state index is 0. The number of aliphatic carboxylic acids is 4. The van der Waals surface area contributed by atoms with E-state index in [9.17, 15) is 58.8 Å². The molecule has 0 saturated carbocycles. The van der Waals surface area contributed by atoms with Crippen LogP contribution in [0.1, 0.15) is 260 Å². The second-order valence-corrected chi connectivity index (χ2v) is 24.9. The number of hydrogen-bond acceptors (Lipinski definition) is 28. The second kappa shape index (κ2) is 63.4. The van der Waals surface area contributed by atoms with E-state index in [1.54, 1.807) is 0 Å². The smallest absolute Gasteiger partial charge is 0.542 e. The van der Waals surface area contributed by atoms with Gasteiger partial charge in [-0.05, 0) is 77.0 Å². The van der Waals surface area contributed by atoms with E-state index in [-0.39, 0.29) is 72.0 Å². The van der Waals surface area contributed by atoms with Gasteiger partial charge in [0, 0.05) is 0 Å². The van der Waals surface area contributed by atoms with Crippen molar-refractivity contribution in [2.75, 3.05) is 79.3 Å². The number of carboxylic acids is 4. The van der Waals surface area contributed by atoms with Crippen LogP contribution in [0.3, 0.4) is 0 Å². The van der Waals surface area contributed by atoms with Gasteiger partial charge in [-0.15, -0.1) is 0 Å². The van der Waals surface area contributed by atoms with Crippen molar-refractivity contribution < 1.29 is 142 Å². The zero-order valence-corrected chi connectivity index (χ0v) is 69.1. The van der Waals surface area contributed by atoms with E-state index in [0.717, 1.165) is 154 Å². The number of pyridine rings is 4. The van der Waals surface area contributed by atoms with Crippen LogP contribution in [0.25, 0.3) is 0 Å². The van der Waals surface area contributed by atoms with Gasteiger partial charge in [-0.2, -0.15) is 0 Å². The first-order valence-electron chi connectivity index (χ1n) is 38.8. The Balaban J connectivity index is 0.00000142. The molecule has 0 spiro atoms. The molecule has 109 heavy (non-hydrogen) atoms. The Bertz CT molecular complexity index is 2840. The first kappa shape index (κ1) is 101. The predicted molar refractivity (Wildman–Crippen MR) is 397 cm³/mol. The molecule has 0 aromatic carbocycles. The third-order valence-corrected chi connectivity index (χ3v) is 15.3. The zero-order valence-electron chi connectivity index (χ0n) is 66.7. The molecule has 0 amide bonds. The van der Waals surface area contributed by atoms with Crippen LogP contribution in [-0.4, -0.2) is 146 Å². The normalized spacial score (nSPS) is 10.4. The predicted octanol–water partition coefficient (Wildman–Crippen LogP) is 9.92. The first-order chi connectivity index (χ1) is 52.2. The largest absolute Gasteiger partial charge is 4.00 e. The zero-order chi connectivity index (χ0) is 80.3. The van der Waals surface area contributed by atoms with Crippen LogP contribution < -0.4 is 77.3 Å². The monoisotopic (exact) mass is 1610 g/mol. The summed E-state index contributed by atoms with van der Waals surface area (Å²) in [6.07, 6.45) is 25.8. The van der Waals surface area contributed by atoms with E-state index in [4.69, 9.17) is 56.8 Å². The Kier molecular flexibility index (Phi) is 58.6. The van der Waals surface area contributed by atoms with Crippen LogP contribution in [0.5, 0.6) is 69.0 Å². The molecule has 0 bridgehead atoms. The summed E-state index contributed by atoms with van der Waals surface area (Å²) in [7, 11) is 0. The van der Waals surface area contributed by atoms with Gasteiger partial charge in [-0.3, -0.25) is 39.1 Å². The maximum absolute atomic E-state index is 11.6. The summed E-state index contributed by atoms with van der Waals surface area (Å²) in [5.74, 6) is -6.78. The van der Waals surface area contributed by atoms with Crippen molar-refractivity contribution in [3.8, 4) is 69.0 Å². The van der Waals surface area contributed by atoms with Crippen molar-refractivity contribution in [3.05, 3.63) is 47.6 Å². The number of rotatable bonds is 60. The number of unbranched alkanes of at least 4 members (excludes halogenated alkanes) is 12. The third-order valence-electron chi connectivity index (χ3n) is 15.3. The van der Waals surface area contributed by atoms with Gasteiger partial charge >= 0.3 is 26.2 Å². The molecular formula is C80H120N4O24Zr. The summed E-state index contributed by atoms with van der Waals surface area (Å²) < 4.78 is 70.0. The molecule has 0 aliphatic carbocycles. The summed E-state index contributed by atoms with van der Waals surface area (Å²) in [4.78, 5) is 107. The van der Waals surface area contributed by atoms with E-state index >= 15 is 0 Å². The van der Waals surface area contributed by atoms with Gasteiger partial charge in [0.15, 0.2) is 69.1 Å². The molecule has 0 fully saturated rings. The topological polar surface area (TPSA) is 391 Å². The van der Waals surface area contributed by atoms with Crippen molar-refractivity contribution >= 4 is 47.0 Å². The summed E-state index contributed by atoms with van der Waals surface area (Å²) in [5, 5.41) is 43.3. The van der Waals surface area contributed by atoms with Gasteiger partial charge in [-0.1, -0.05) is 160 Å². The average Bonchev–Trinajstić information content (AvgIpc) is 0.836. The number of aromatic nitrogens is 4. The van der Waals surface area contributed by atoms with Crippen LogP contribution in [0.15, 0.2) is 24.8 Å². The van der Waals surface area contributed by atoms with Crippen LogP contribution in [-0.2, 0) is 90.2 Å². The van der Waals surface area contributed by atoms with Crippen molar-refractivity contribution in [3.63, 3.8) is 0 Å². The molecule has 28 nitrogen and oxygen atoms in total. The second-order valence-electron chi connectivity index (χ2n) is 24.9. The molecule has 0 unspecified atom stereocenters. The molecule has 29 heteroatoms. The molecule has 0 saturated heterocycles. The van der Waals surface area contributed by atoms with Crippen LogP contribution in [0.4, 0.5) is 0 Å². The molecule has 0 N–H and O–H groups in total. The van der Waals surface area contributed by atoms with E-state index in [0.29, 0.717) is 125 Å². The summed E-state index contributed by atoms with van der Waals surface area (Å²) in [6.45, 7) is 30.1. The molecule has 0 radical (unpaired) electrons. The van der Waals surface area contributed by atoms with Gasteiger partial charge in [0.2, 0.25) is 23.0 Å². The molecular weight excluding hydrogens is 1490 g/mol. The number of carboxylic acid groups (broad SMARTS) is 4. The fraction of sp³-hybridized carbons (Fsp3) is 0.650. The number of Topliss-reactive ketones (excluding diaryl/α,β-unsaturated/α-hetero) is 4. The van der Waals surface area contributed by atoms with Crippen molar-refractivity contribution in [1.29, 1.82) is 0 Å².